The Morgan fingerprint density at radius 2 is 2.00 bits per heavy atom. The van der Waals surface area contributed by atoms with Gasteiger partial charge in [0.1, 0.15) is 11.3 Å². The van der Waals surface area contributed by atoms with Crippen LogP contribution in [0.1, 0.15) is 43.0 Å². The van der Waals surface area contributed by atoms with Crippen LogP contribution in [0.3, 0.4) is 0 Å². The van der Waals surface area contributed by atoms with Crippen LogP contribution >= 0.6 is 15.9 Å². The van der Waals surface area contributed by atoms with Crippen molar-refractivity contribution in [2.75, 3.05) is 13.7 Å². The molecule has 3 aliphatic rings. The monoisotopic (exact) mass is 546 g/mol. The molecule has 2 aliphatic carbocycles. The summed E-state index contributed by atoms with van der Waals surface area (Å²) in [6, 6.07) is 13.0. The van der Waals surface area contributed by atoms with Crippen LogP contribution in [0.5, 0.6) is 5.75 Å². The van der Waals surface area contributed by atoms with Crippen molar-refractivity contribution in [2.45, 2.75) is 45.2 Å². The number of imidazole rings is 1. The van der Waals surface area contributed by atoms with E-state index in [0.29, 0.717) is 29.2 Å². The lowest BCUT2D eigenvalue weighted by atomic mass is 9.91. The van der Waals surface area contributed by atoms with E-state index in [9.17, 15) is 4.79 Å². The van der Waals surface area contributed by atoms with Crippen LogP contribution in [0.15, 0.2) is 40.9 Å². The molecule has 2 aromatic heterocycles. The first-order valence-corrected chi connectivity index (χ1v) is 13.8. The van der Waals surface area contributed by atoms with E-state index in [4.69, 9.17) is 9.72 Å². The number of likely N-dealkylation sites (tertiary alicyclic amines) is 1. The molecule has 1 aliphatic heterocycles. The number of ether oxygens (including phenoxy) is 1. The van der Waals surface area contributed by atoms with E-state index in [1.165, 1.54) is 30.2 Å². The SMILES string of the molecule is COc1cc(C(=O)N2C[C@H]3C[C@@H](C)CC32)cc2nc(-c3cc4ccc(Br)cc4n3CC3CC3)n(C)c12. The van der Waals surface area contributed by atoms with Crippen molar-refractivity contribution >= 4 is 43.8 Å². The standard InChI is InChI=1S/C29H31BrN4O2/c1-16-8-20-15-34(23(20)9-16)29(35)19-10-22-27(26(12-19)36-3)32(2)28(31-22)25-11-18-6-7-21(30)13-24(18)33(25)14-17-4-5-17/h6-7,10-13,16-17,20,23H,4-5,8-9,14-15H2,1-3H3/t16-,20-,23?/m1/s1. The number of methoxy groups -OCH3 is 1. The van der Waals surface area contributed by atoms with Gasteiger partial charge in [-0.2, -0.15) is 0 Å². The van der Waals surface area contributed by atoms with Crippen molar-refractivity contribution in [1.82, 2.24) is 19.0 Å². The summed E-state index contributed by atoms with van der Waals surface area (Å²) in [5.41, 5.74) is 4.72. The zero-order valence-corrected chi connectivity index (χ0v) is 22.6. The number of hydrogen-bond acceptors (Lipinski definition) is 3. The van der Waals surface area contributed by atoms with E-state index in [0.717, 1.165) is 52.5 Å². The van der Waals surface area contributed by atoms with Crippen LogP contribution in [0, 0.1) is 17.8 Å². The molecule has 36 heavy (non-hydrogen) atoms. The molecule has 6 nitrogen and oxygen atoms in total. The molecule has 7 heteroatoms. The van der Waals surface area contributed by atoms with Gasteiger partial charge in [0.05, 0.1) is 18.3 Å². The molecular formula is C29H31BrN4O2. The molecule has 186 valence electrons. The third-order valence-electron chi connectivity index (χ3n) is 8.62. The molecule has 3 fully saturated rings. The van der Waals surface area contributed by atoms with Crippen molar-refractivity contribution < 1.29 is 9.53 Å². The normalized spacial score (nSPS) is 23.3. The highest BCUT2D eigenvalue weighted by atomic mass is 79.9. The fourth-order valence-electron chi connectivity index (χ4n) is 6.59. The maximum atomic E-state index is 13.5. The molecule has 0 radical (unpaired) electrons. The summed E-state index contributed by atoms with van der Waals surface area (Å²) in [6.07, 6.45) is 4.93. The van der Waals surface area contributed by atoms with Gasteiger partial charge in [-0.1, -0.05) is 28.9 Å². The Hall–Kier alpha value is -2.80. The van der Waals surface area contributed by atoms with Gasteiger partial charge >= 0.3 is 0 Å². The molecule has 0 bridgehead atoms. The molecule has 4 aromatic rings. The number of hydrogen-bond donors (Lipinski definition) is 0. The number of aromatic nitrogens is 3. The number of rotatable bonds is 5. The van der Waals surface area contributed by atoms with Gasteiger partial charge in [-0.25, -0.2) is 4.98 Å². The first kappa shape index (κ1) is 22.4. The van der Waals surface area contributed by atoms with E-state index in [2.05, 4.69) is 61.2 Å². The zero-order chi connectivity index (χ0) is 24.7. The van der Waals surface area contributed by atoms with E-state index in [-0.39, 0.29) is 5.91 Å². The number of halogens is 1. The molecule has 0 spiro atoms. The molecule has 7 rings (SSSR count). The van der Waals surface area contributed by atoms with Gasteiger partial charge in [0.25, 0.3) is 5.91 Å². The van der Waals surface area contributed by atoms with Crippen molar-refractivity contribution in [3.8, 4) is 17.3 Å². The number of nitrogens with zero attached hydrogens (tertiary/aromatic N) is 4. The van der Waals surface area contributed by atoms with Crippen LogP contribution in [0.4, 0.5) is 0 Å². The van der Waals surface area contributed by atoms with Gasteiger partial charge in [0.2, 0.25) is 0 Å². The van der Waals surface area contributed by atoms with Gasteiger partial charge in [-0.15, -0.1) is 0 Å². The number of fused-ring (bicyclic) bond motifs is 3. The predicted octanol–water partition coefficient (Wildman–Crippen LogP) is 6.25. The van der Waals surface area contributed by atoms with E-state index < -0.39 is 0 Å². The minimum Gasteiger partial charge on any atom is -0.494 e. The lowest BCUT2D eigenvalue weighted by Crippen LogP contribution is -2.55. The molecular weight excluding hydrogens is 516 g/mol. The summed E-state index contributed by atoms with van der Waals surface area (Å²) >= 11 is 3.65. The average molecular weight is 547 g/mol. The number of carbonyl (C=O) groups excluding carboxylic acids is 1. The van der Waals surface area contributed by atoms with Crippen LogP contribution in [-0.2, 0) is 13.6 Å². The maximum absolute atomic E-state index is 13.5. The van der Waals surface area contributed by atoms with Gasteiger partial charge < -0.3 is 18.8 Å². The highest BCUT2D eigenvalue weighted by Gasteiger charge is 2.47. The number of benzene rings is 2. The van der Waals surface area contributed by atoms with E-state index >= 15 is 0 Å². The lowest BCUT2D eigenvalue weighted by molar-refractivity contribution is 0.0269. The molecule has 3 atom stereocenters. The van der Waals surface area contributed by atoms with E-state index in [1.54, 1.807) is 7.11 Å². The zero-order valence-electron chi connectivity index (χ0n) is 21.0. The lowest BCUT2D eigenvalue weighted by Gasteiger charge is -2.44. The number of amides is 1. The highest BCUT2D eigenvalue weighted by molar-refractivity contribution is 9.10. The molecule has 3 heterocycles. The van der Waals surface area contributed by atoms with Gasteiger partial charge in [0.15, 0.2) is 5.82 Å². The van der Waals surface area contributed by atoms with Crippen LogP contribution in [0.25, 0.3) is 33.5 Å². The fraction of sp³-hybridized carbons (Fsp3) is 0.448. The third-order valence-corrected chi connectivity index (χ3v) is 9.11. The fourth-order valence-corrected chi connectivity index (χ4v) is 6.94. The third kappa shape index (κ3) is 3.42. The van der Waals surface area contributed by atoms with Crippen LogP contribution in [0.2, 0.25) is 0 Å². The molecule has 1 unspecified atom stereocenters. The van der Waals surface area contributed by atoms with Crippen molar-refractivity contribution in [2.24, 2.45) is 24.8 Å². The largest absolute Gasteiger partial charge is 0.494 e. The predicted molar refractivity (Wildman–Crippen MR) is 145 cm³/mol. The summed E-state index contributed by atoms with van der Waals surface area (Å²) in [5.74, 6) is 3.80. The second-order valence-electron chi connectivity index (χ2n) is 11.2. The minimum absolute atomic E-state index is 0.102. The molecule has 2 saturated carbocycles. The van der Waals surface area contributed by atoms with Gasteiger partial charge in [-0.3, -0.25) is 4.79 Å². The molecule has 1 amide bonds. The summed E-state index contributed by atoms with van der Waals surface area (Å²) in [7, 11) is 3.72. The second-order valence-corrected chi connectivity index (χ2v) is 12.1. The van der Waals surface area contributed by atoms with Crippen molar-refractivity contribution in [1.29, 1.82) is 0 Å². The van der Waals surface area contributed by atoms with Crippen molar-refractivity contribution in [3.05, 3.63) is 46.4 Å². The quantitative estimate of drug-likeness (QED) is 0.297. The molecule has 2 aromatic carbocycles. The first-order chi connectivity index (χ1) is 17.4. The average Bonchev–Trinajstić information content (AvgIpc) is 3.45. The Morgan fingerprint density at radius 1 is 1.17 bits per heavy atom. The minimum atomic E-state index is 0.102. The highest BCUT2D eigenvalue weighted by Crippen LogP contribution is 2.43. The smallest absolute Gasteiger partial charge is 0.254 e. The topological polar surface area (TPSA) is 52.3 Å². The first-order valence-electron chi connectivity index (χ1n) is 13.1. The summed E-state index contributed by atoms with van der Waals surface area (Å²) in [4.78, 5) is 20.7. The Kier molecular flexibility index (Phi) is 5.04. The van der Waals surface area contributed by atoms with Gasteiger partial charge in [-0.05, 0) is 73.8 Å². The van der Waals surface area contributed by atoms with Gasteiger partial charge in [0, 0.05) is 47.1 Å². The Labute approximate surface area is 219 Å². The molecule has 0 N–H and O–H groups in total. The van der Waals surface area contributed by atoms with E-state index in [1.807, 2.05) is 19.2 Å². The van der Waals surface area contributed by atoms with Crippen molar-refractivity contribution in [3.63, 3.8) is 0 Å². The van der Waals surface area contributed by atoms with Crippen LogP contribution in [-0.4, -0.2) is 44.6 Å². The Balaban J connectivity index is 1.33. The second kappa shape index (κ2) is 8.10. The van der Waals surface area contributed by atoms with Crippen LogP contribution < -0.4 is 4.74 Å². The number of carbonyl (C=O) groups is 1. The summed E-state index contributed by atoms with van der Waals surface area (Å²) < 4.78 is 11.4. The Morgan fingerprint density at radius 3 is 2.75 bits per heavy atom. The summed E-state index contributed by atoms with van der Waals surface area (Å²) in [5, 5.41) is 1.21. The maximum Gasteiger partial charge on any atom is 0.254 e. The summed E-state index contributed by atoms with van der Waals surface area (Å²) in [6.45, 7) is 4.17. The molecule has 1 saturated heterocycles. The Bertz CT molecular complexity index is 1530. The number of aryl methyl sites for hydroxylation is 1.